The van der Waals surface area contributed by atoms with Crippen molar-refractivity contribution < 1.29 is 4.79 Å². The van der Waals surface area contributed by atoms with Gasteiger partial charge in [0.1, 0.15) is 0 Å². The minimum Gasteiger partial charge on any atom is -0.325 e. The van der Waals surface area contributed by atoms with Crippen molar-refractivity contribution in [1.29, 1.82) is 0 Å². The molecule has 2 aromatic rings. The van der Waals surface area contributed by atoms with Crippen LogP contribution in [0.15, 0.2) is 59.1 Å². The second-order valence-electron chi connectivity index (χ2n) is 5.61. The van der Waals surface area contributed by atoms with E-state index in [4.69, 9.17) is 0 Å². The van der Waals surface area contributed by atoms with Crippen molar-refractivity contribution in [2.75, 3.05) is 11.9 Å². The number of hydrogen-bond donors (Lipinski definition) is 1. The van der Waals surface area contributed by atoms with Crippen LogP contribution in [-0.2, 0) is 11.3 Å². The first-order chi connectivity index (χ1) is 10.7. The number of rotatable bonds is 4. The van der Waals surface area contributed by atoms with Crippen LogP contribution in [-0.4, -0.2) is 23.4 Å². The lowest BCUT2D eigenvalue weighted by Gasteiger charge is -2.23. The van der Waals surface area contributed by atoms with Crippen LogP contribution < -0.4 is 5.32 Å². The Balaban J connectivity index is 1.64. The molecule has 114 valence electrons. The highest BCUT2D eigenvalue weighted by Gasteiger charge is 2.30. The third-order valence-corrected chi connectivity index (χ3v) is 4.54. The second kappa shape index (κ2) is 7.07. The molecule has 0 bridgehead atoms. The molecule has 3 rings (SSSR count). The SMILES string of the molecule is O=C(Nc1ccc(Br)cc1)[C@@H]1CCCN1Cc1ccccc1. The first kappa shape index (κ1) is 15.3. The van der Waals surface area contributed by atoms with Crippen LogP contribution in [0.5, 0.6) is 0 Å². The van der Waals surface area contributed by atoms with Gasteiger partial charge in [-0.05, 0) is 49.2 Å². The predicted molar refractivity (Wildman–Crippen MR) is 92.6 cm³/mol. The smallest absolute Gasteiger partial charge is 0.241 e. The number of likely N-dealkylation sites (tertiary alicyclic amines) is 1. The summed E-state index contributed by atoms with van der Waals surface area (Å²) in [4.78, 5) is 14.8. The molecule has 0 aromatic heterocycles. The monoisotopic (exact) mass is 358 g/mol. The minimum absolute atomic E-state index is 0.0381. The standard InChI is InChI=1S/C18H19BrN2O/c19-15-8-10-16(11-9-15)20-18(22)17-7-4-12-21(17)13-14-5-2-1-3-6-14/h1-3,5-6,8-11,17H,4,7,12-13H2,(H,20,22)/t17-/m0/s1. The summed E-state index contributed by atoms with van der Waals surface area (Å²) in [7, 11) is 0. The third-order valence-electron chi connectivity index (χ3n) is 4.01. The molecule has 0 saturated carbocycles. The number of anilines is 1. The molecule has 1 aliphatic rings. The van der Waals surface area contributed by atoms with E-state index in [9.17, 15) is 4.79 Å². The third kappa shape index (κ3) is 3.76. The van der Waals surface area contributed by atoms with Gasteiger partial charge in [-0.15, -0.1) is 0 Å². The molecule has 1 N–H and O–H groups in total. The van der Waals surface area contributed by atoms with E-state index in [2.05, 4.69) is 38.3 Å². The highest BCUT2D eigenvalue weighted by Crippen LogP contribution is 2.22. The van der Waals surface area contributed by atoms with E-state index < -0.39 is 0 Å². The molecule has 2 aromatic carbocycles. The lowest BCUT2D eigenvalue weighted by Crippen LogP contribution is -2.39. The lowest BCUT2D eigenvalue weighted by atomic mass is 10.1. The van der Waals surface area contributed by atoms with Gasteiger partial charge in [-0.3, -0.25) is 9.69 Å². The Morgan fingerprint density at radius 3 is 2.59 bits per heavy atom. The van der Waals surface area contributed by atoms with Gasteiger partial charge in [0.15, 0.2) is 0 Å². The molecule has 0 aliphatic carbocycles. The van der Waals surface area contributed by atoms with Crippen molar-refractivity contribution in [2.24, 2.45) is 0 Å². The molecule has 3 nitrogen and oxygen atoms in total. The average Bonchev–Trinajstić information content (AvgIpc) is 2.99. The maximum Gasteiger partial charge on any atom is 0.241 e. The van der Waals surface area contributed by atoms with Gasteiger partial charge in [0.05, 0.1) is 6.04 Å². The summed E-state index contributed by atoms with van der Waals surface area (Å²) in [5.41, 5.74) is 2.10. The van der Waals surface area contributed by atoms with Crippen LogP contribution in [0, 0.1) is 0 Å². The second-order valence-corrected chi connectivity index (χ2v) is 6.53. The van der Waals surface area contributed by atoms with E-state index in [1.54, 1.807) is 0 Å². The summed E-state index contributed by atoms with van der Waals surface area (Å²) >= 11 is 3.40. The van der Waals surface area contributed by atoms with Crippen LogP contribution in [0.2, 0.25) is 0 Å². The summed E-state index contributed by atoms with van der Waals surface area (Å²) in [6, 6.07) is 18.0. The van der Waals surface area contributed by atoms with E-state index in [0.717, 1.165) is 36.1 Å². The van der Waals surface area contributed by atoms with Gasteiger partial charge in [-0.1, -0.05) is 46.3 Å². The molecule has 0 unspecified atom stereocenters. The van der Waals surface area contributed by atoms with Crippen molar-refractivity contribution in [1.82, 2.24) is 4.90 Å². The fourth-order valence-electron chi connectivity index (χ4n) is 2.89. The summed E-state index contributed by atoms with van der Waals surface area (Å²) in [6.45, 7) is 1.81. The number of carbonyl (C=O) groups is 1. The molecule has 1 saturated heterocycles. The molecular formula is C18H19BrN2O. The van der Waals surface area contributed by atoms with Gasteiger partial charge < -0.3 is 5.32 Å². The van der Waals surface area contributed by atoms with E-state index >= 15 is 0 Å². The maximum absolute atomic E-state index is 12.5. The van der Waals surface area contributed by atoms with Gasteiger partial charge in [0.25, 0.3) is 0 Å². The zero-order chi connectivity index (χ0) is 15.4. The van der Waals surface area contributed by atoms with E-state index in [-0.39, 0.29) is 11.9 Å². The predicted octanol–water partition coefficient (Wildman–Crippen LogP) is 4.05. The van der Waals surface area contributed by atoms with Crippen LogP contribution in [0.3, 0.4) is 0 Å². The fraction of sp³-hybridized carbons (Fsp3) is 0.278. The number of hydrogen-bond acceptors (Lipinski definition) is 2. The number of nitrogens with zero attached hydrogens (tertiary/aromatic N) is 1. The van der Waals surface area contributed by atoms with E-state index in [1.807, 2.05) is 42.5 Å². The van der Waals surface area contributed by atoms with Gasteiger partial charge in [-0.25, -0.2) is 0 Å². The Hall–Kier alpha value is -1.65. The molecule has 1 amide bonds. The normalized spacial score (nSPS) is 18.3. The Bertz CT molecular complexity index is 627. The molecule has 22 heavy (non-hydrogen) atoms. The summed E-state index contributed by atoms with van der Waals surface area (Å²) in [5.74, 6) is 0.0933. The largest absolute Gasteiger partial charge is 0.325 e. The Labute approximate surface area is 139 Å². The molecule has 1 fully saturated rings. The van der Waals surface area contributed by atoms with Crippen LogP contribution in [0.4, 0.5) is 5.69 Å². The molecule has 4 heteroatoms. The quantitative estimate of drug-likeness (QED) is 0.893. The zero-order valence-electron chi connectivity index (χ0n) is 12.3. The topological polar surface area (TPSA) is 32.3 Å². The number of nitrogens with one attached hydrogen (secondary N) is 1. The van der Waals surface area contributed by atoms with Crippen molar-refractivity contribution in [2.45, 2.75) is 25.4 Å². The van der Waals surface area contributed by atoms with Crippen LogP contribution in [0.25, 0.3) is 0 Å². The number of carbonyl (C=O) groups excluding carboxylic acids is 1. The molecule has 1 aliphatic heterocycles. The average molecular weight is 359 g/mol. The number of benzene rings is 2. The Morgan fingerprint density at radius 2 is 1.86 bits per heavy atom. The van der Waals surface area contributed by atoms with Crippen LogP contribution in [0.1, 0.15) is 18.4 Å². The van der Waals surface area contributed by atoms with E-state index in [1.165, 1.54) is 5.56 Å². The van der Waals surface area contributed by atoms with Gasteiger partial charge in [-0.2, -0.15) is 0 Å². The Morgan fingerprint density at radius 1 is 1.14 bits per heavy atom. The molecule has 0 spiro atoms. The molecular weight excluding hydrogens is 340 g/mol. The minimum atomic E-state index is -0.0381. The number of halogens is 1. The first-order valence-electron chi connectivity index (χ1n) is 7.57. The van der Waals surface area contributed by atoms with Crippen molar-refractivity contribution >= 4 is 27.5 Å². The molecule has 0 radical (unpaired) electrons. The summed E-state index contributed by atoms with van der Waals surface area (Å²) in [6.07, 6.45) is 2.00. The summed E-state index contributed by atoms with van der Waals surface area (Å²) in [5, 5.41) is 3.03. The zero-order valence-corrected chi connectivity index (χ0v) is 13.9. The Kier molecular flexibility index (Phi) is 4.90. The highest BCUT2D eigenvalue weighted by molar-refractivity contribution is 9.10. The fourth-order valence-corrected chi connectivity index (χ4v) is 3.15. The van der Waals surface area contributed by atoms with Gasteiger partial charge in [0.2, 0.25) is 5.91 Å². The van der Waals surface area contributed by atoms with Crippen LogP contribution >= 0.6 is 15.9 Å². The maximum atomic E-state index is 12.5. The highest BCUT2D eigenvalue weighted by atomic mass is 79.9. The lowest BCUT2D eigenvalue weighted by molar-refractivity contribution is -0.120. The van der Waals surface area contributed by atoms with Crippen molar-refractivity contribution in [3.8, 4) is 0 Å². The summed E-state index contributed by atoms with van der Waals surface area (Å²) < 4.78 is 1.01. The van der Waals surface area contributed by atoms with Gasteiger partial charge >= 0.3 is 0 Å². The van der Waals surface area contributed by atoms with Crippen molar-refractivity contribution in [3.05, 3.63) is 64.6 Å². The molecule has 1 heterocycles. The molecule has 1 atom stereocenters. The van der Waals surface area contributed by atoms with Gasteiger partial charge in [0, 0.05) is 16.7 Å². The van der Waals surface area contributed by atoms with E-state index in [0.29, 0.717) is 0 Å². The first-order valence-corrected chi connectivity index (χ1v) is 8.36. The van der Waals surface area contributed by atoms with Crippen molar-refractivity contribution in [3.63, 3.8) is 0 Å². The number of amides is 1.